The van der Waals surface area contributed by atoms with Gasteiger partial charge in [0.05, 0.1) is 18.5 Å². The summed E-state index contributed by atoms with van der Waals surface area (Å²) >= 11 is 0. The first-order valence-corrected chi connectivity index (χ1v) is 9.92. The predicted octanol–water partition coefficient (Wildman–Crippen LogP) is 3.60. The highest BCUT2D eigenvalue weighted by Gasteiger charge is 2.19. The van der Waals surface area contributed by atoms with E-state index in [2.05, 4.69) is 15.7 Å². The normalized spacial score (nSPS) is 10.7. The highest BCUT2D eigenvalue weighted by atomic mass is 16.5. The van der Waals surface area contributed by atoms with Gasteiger partial charge in [-0.05, 0) is 42.0 Å². The number of aromatic nitrogens is 2. The summed E-state index contributed by atoms with van der Waals surface area (Å²) in [6, 6.07) is 17.0. The van der Waals surface area contributed by atoms with Crippen LogP contribution in [0.2, 0.25) is 0 Å². The van der Waals surface area contributed by atoms with Crippen molar-refractivity contribution < 1.29 is 18.7 Å². The Hall–Kier alpha value is -4.07. The fourth-order valence-corrected chi connectivity index (χ4v) is 3.10. The van der Waals surface area contributed by atoms with Gasteiger partial charge >= 0.3 is 0 Å². The molecule has 0 spiro atoms. The number of amides is 2. The van der Waals surface area contributed by atoms with E-state index in [0.29, 0.717) is 23.7 Å². The van der Waals surface area contributed by atoms with Gasteiger partial charge in [0.25, 0.3) is 11.8 Å². The Morgan fingerprint density at radius 1 is 1.10 bits per heavy atom. The zero-order valence-electron chi connectivity index (χ0n) is 17.0. The first-order chi connectivity index (χ1) is 15.1. The molecular formula is C23H22N4O4. The van der Waals surface area contributed by atoms with E-state index >= 15 is 0 Å². The van der Waals surface area contributed by atoms with Gasteiger partial charge < -0.3 is 19.8 Å². The number of hydrogen-bond donors (Lipinski definition) is 2. The maximum atomic E-state index is 12.6. The Kier molecular flexibility index (Phi) is 5.98. The Bertz CT molecular complexity index is 1200. The fraction of sp³-hybridized carbons (Fsp3) is 0.174. The number of anilines is 1. The molecule has 0 saturated heterocycles. The molecule has 0 fully saturated rings. The van der Waals surface area contributed by atoms with Gasteiger partial charge in [-0.25, -0.2) is 0 Å². The van der Waals surface area contributed by atoms with Crippen molar-refractivity contribution in [3.63, 3.8) is 0 Å². The molecule has 0 aliphatic rings. The van der Waals surface area contributed by atoms with Crippen LogP contribution < -0.4 is 15.4 Å². The van der Waals surface area contributed by atoms with Crippen LogP contribution in [0, 0.1) is 0 Å². The van der Waals surface area contributed by atoms with Crippen molar-refractivity contribution in [3.8, 4) is 5.75 Å². The van der Waals surface area contributed by atoms with Crippen molar-refractivity contribution in [1.29, 1.82) is 0 Å². The molecule has 0 saturated carbocycles. The van der Waals surface area contributed by atoms with Crippen molar-refractivity contribution in [2.45, 2.75) is 20.0 Å². The van der Waals surface area contributed by atoms with E-state index < -0.39 is 5.91 Å². The quantitative estimate of drug-likeness (QED) is 0.456. The molecule has 2 aromatic heterocycles. The third-order valence-corrected chi connectivity index (χ3v) is 4.67. The zero-order chi connectivity index (χ0) is 21.6. The van der Waals surface area contributed by atoms with E-state index in [0.717, 1.165) is 10.8 Å². The van der Waals surface area contributed by atoms with E-state index in [1.54, 1.807) is 23.0 Å². The lowest BCUT2D eigenvalue weighted by Gasteiger charge is -2.08. The fourth-order valence-electron chi connectivity index (χ4n) is 3.10. The summed E-state index contributed by atoms with van der Waals surface area (Å²) in [6.07, 6.45) is 3.16. The molecule has 8 nitrogen and oxygen atoms in total. The summed E-state index contributed by atoms with van der Waals surface area (Å²) in [5.41, 5.74) is 0.457. The lowest BCUT2D eigenvalue weighted by atomic mass is 10.1. The van der Waals surface area contributed by atoms with Crippen LogP contribution in [0.3, 0.4) is 0 Å². The van der Waals surface area contributed by atoms with E-state index in [1.807, 2.05) is 49.4 Å². The smallest absolute Gasteiger partial charge is 0.274 e. The van der Waals surface area contributed by atoms with E-state index in [4.69, 9.17) is 9.15 Å². The average molecular weight is 418 g/mol. The molecule has 0 aliphatic carbocycles. The monoisotopic (exact) mass is 418 g/mol. The van der Waals surface area contributed by atoms with E-state index in [9.17, 15) is 9.59 Å². The molecule has 0 aliphatic heterocycles. The van der Waals surface area contributed by atoms with E-state index in [-0.39, 0.29) is 24.8 Å². The zero-order valence-corrected chi connectivity index (χ0v) is 17.0. The summed E-state index contributed by atoms with van der Waals surface area (Å²) in [6.45, 7) is 2.49. The third-order valence-electron chi connectivity index (χ3n) is 4.67. The van der Waals surface area contributed by atoms with Gasteiger partial charge in [0.15, 0.2) is 12.3 Å². The maximum Gasteiger partial charge on any atom is 0.274 e. The number of rotatable bonds is 8. The Labute approximate surface area is 178 Å². The van der Waals surface area contributed by atoms with Crippen LogP contribution in [0.4, 0.5) is 5.69 Å². The molecule has 0 bridgehead atoms. The highest BCUT2D eigenvalue weighted by Crippen LogP contribution is 2.21. The van der Waals surface area contributed by atoms with Crippen LogP contribution in [0.1, 0.15) is 23.2 Å². The minimum atomic E-state index is -0.408. The van der Waals surface area contributed by atoms with Crippen molar-refractivity contribution in [3.05, 3.63) is 78.5 Å². The molecule has 4 aromatic rings. The predicted molar refractivity (Wildman–Crippen MR) is 116 cm³/mol. The Morgan fingerprint density at radius 3 is 2.71 bits per heavy atom. The number of carbonyl (C=O) groups excluding carboxylic acids is 2. The number of aryl methyl sites for hydroxylation is 1. The number of furan rings is 1. The van der Waals surface area contributed by atoms with Crippen LogP contribution >= 0.6 is 0 Å². The van der Waals surface area contributed by atoms with Gasteiger partial charge in [-0.3, -0.25) is 14.3 Å². The SMILES string of the molecule is CCn1cc(NC(=O)COc2ccc3ccccc3c2)c(C(=O)NCc2ccco2)n1. The topological polar surface area (TPSA) is 98.4 Å². The molecule has 0 radical (unpaired) electrons. The molecule has 8 heteroatoms. The number of hydrogen-bond acceptors (Lipinski definition) is 5. The molecule has 4 rings (SSSR count). The molecule has 158 valence electrons. The van der Waals surface area contributed by atoms with Crippen LogP contribution in [-0.2, 0) is 17.9 Å². The number of carbonyl (C=O) groups is 2. The maximum absolute atomic E-state index is 12.6. The minimum absolute atomic E-state index is 0.132. The summed E-state index contributed by atoms with van der Waals surface area (Å²) in [5, 5.41) is 11.8. The first kappa shape index (κ1) is 20.2. The van der Waals surface area contributed by atoms with Crippen molar-refractivity contribution in [1.82, 2.24) is 15.1 Å². The number of fused-ring (bicyclic) bond motifs is 1. The van der Waals surface area contributed by atoms with Crippen LogP contribution in [-0.4, -0.2) is 28.2 Å². The molecule has 0 atom stereocenters. The summed E-state index contributed by atoms with van der Waals surface area (Å²) in [7, 11) is 0. The van der Waals surface area contributed by atoms with Gasteiger partial charge in [-0.2, -0.15) is 5.10 Å². The molecule has 2 heterocycles. The lowest BCUT2D eigenvalue weighted by molar-refractivity contribution is -0.118. The van der Waals surface area contributed by atoms with Crippen LogP contribution in [0.15, 0.2) is 71.5 Å². The van der Waals surface area contributed by atoms with Gasteiger partial charge in [0.1, 0.15) is 11.5 Å². The van der Waals surface area contributed by atoms with Gasteiger partial charge in [-0.1, -0.05) is 30.3 Å². The largest absolute Gasteiger partial charge is 0.484 e. The van der Waals surface area contributed by atoms with Crippen LogP contribution in [0.25, 0.3) is 10.8 Å². The summed E-state index contributed by atoms with van der Waals surface area (Å²) < 4.78 is 12.4. The van der Waals surface area contributed by atoms with Crippen molar-refractivity contribution in [2.24, 2.45) is 0 Å². The third kappa shape index (κ3) is 4.92. The first-order valence-electron chi connectivity index (χ1n) is 9.92. The number of nitrogens with one attached hydrogen (secondary N) is 2. The Balaban J connectivity index is 1.39. The number of ether oxygens (including phenoxy) is 1. The highest BCUT2D eigenvalue weighted by molar-refractivity contribution is 6.02. The summed E-state index contributed by atoms with van der Waals surface area (Å²) in [5.74, 6) is 0.422. The van der Waals surface area contributed by atoms with Crippen LogP contribution in [0.5, 0.6) is 5.75 Å². The molecular weight excluding hydrogens is 396 g/mol. The second-order valence-electron chi connectivity index (χ2n) is 6.85. The lowest BCUT2D eigenvalue weighted by Crippen LogP contribution is -2.26. The number of benzene rings is 2. The standard InChI is InChI=1S/C23H22N4O4/c1-2-27-14-20(22(26-27)23(29)24-13-19-8-5-11-30-19)25-21(28)15-31-18-10-9-16-6-3-4-7-17(16)12-18/h3-12,14H,2,13,15H2,1H3,(H,24,29)(H,25,28). The molecule has 2 N–H and O–H groups in total. The average Bonchev–Trinajstić information content (AvgIpc) is 3.46. The van der Waals surface area contributed by atoms with Gasteiger partial charge in [0, 0.05) is 12.7 Å². The number of nitrogens with zero attached hydrogens (tertiary/aromatic N) is 2. The second-order valence-corrected chi connectivity index (χ2v) is 6.85. The second kappa shape index (κ2) is 9.17. The van der Waals surface area contributed by atoms with E-state index in [1.165, 1.54) is 6.26 Å². The van der Waals surface area contributed by atoms with Crippen molar-refractivity contribution in [2.75, 3.05) is 11.9 Å². The van der Waals surface area contributed by atoms with Gasteiger partial charge in [0.2, 0.25) is 0 Å². The Morgan fingerprint density at radius 2 is 1.94 bits per heavy atom. The molecule has 0 unspecified atom stereocenters. The molecule has 31 heavy (non-hydrogen) atoms. The summed E-state index contributed by atoms with van der Waals surface area (Å²) in [4.78, 5) is 25.0. The minimum Gasteiger partial charge on any atom is -0.484 e. The van der Waals surface area contributed by atoms with Crippen molar-refractivity contribution >= 4 is 28.3 Å². The van der Waals surface area contributed by atoms with Gasteiger partial charge in [-0.15, -0.1) is 0 Å². The molecule has 2 aromatic carbocycles. The molecule has 2 amide bonds.